The van der Waals surface area contributed by atoms with Crippen LogP contribution >= 0.6 is 15.9 Å². The first-order valence-electron chi connectivity index (χ1n) is 5.72. The number of furan rings is 1. The Kier molecular flexibility index (Phi) is 2.74. The maximum atomic E-state index is 5.53. The van der Waals surface area contributed by atoms with E-state index in [1.165, 1.54) is 30.2 Å². The second-order valence-corrected chi connectivity index (χ2v) is 5.33. The molecule has 1 aliphatic rings. The Labute approximate surface area is 103 Å². The van der Waals surface area contributed by atoms with Crippen LogP contribution in [0.25, 0.3) is 11.0 Å². The molecular formula is C13H14BrNO. The maximum absolute atomic E-state index is 5.53. The Balaban J connectivity index is 1.82. The maximum Gasteiger partial charge on any atom is 0.134 e. The topological polar surface area (TPSA) is 25.2 Å². The van der Waals surface area contributed by atoms with Gasteiger partial charge in [-0.05, 0) is 31.0 Å². The summed E-state index contributed by atoms with van der Waals surface area (Å²) >= 11 is 3.49. The van der Waals surface area contributed by atoms with Crippen molar-refractivity contribution in [1.29, 1.82) is 0 Å². The van der Waals surface area contributed by atoms with E-state index < -0.39 is 0 Å². The fourth-order valence-electron chi connectivity index (χ4n) is 2.06. The van der Waals surface area contributed by atoms with Crippen molar-refractivity contribution in [2.45, 2.75) is 31.8 Å². The van der Waals surface area contributed by atoms with Gasteiger partial charge in [-0.1, -0.05) is 22.4 Å². The summed E-state index contributed by atoms with van der Waals surface area (Å²) in [7, 11) is 0. The first-order valence-corrected chi connectivity index (χ1v) is 6.51. The molecule has 1 N–H and O–H groups in total. The summed E-state index contributed by atoms with van der Waals surface area (Å²) in [6, 6.07) is 6.86. The predicted molar refractivity (Wildman–Crippen MR) is 68.4 cm³/mol. The van der Waals surface area contributed by atoms with Gasteiger partial charge in [-0.15, -0.1) is 0 Å². The molecule has 3 rings (SSSR count). The zero-order valence-electron chi connectivity index (χ0n) is 9.00. The molecule has 1 aromatic carbocycles. The Morgan fingerprint density at radius 1 is 1.38 bits per heavy atom. The third-order valence-electron chi connectivity index (χ3n) is 3.30. The van der Waals surface area contributed by atoms with Gasteiger partial charge in [-0.2, -0.15) is 0 Å². The average Bonchev–Trinajstić information content (AvgIpc) is 2.59. The van der Waals surface area contributed by atoms with Crippen molar-refractivity contribution < 1.29 is 4.42 Å². The number of halogens is 1. The van der Waals surface area contributed by atoms with Gasteiger partial charge in [0.1, 0.15) is 5.58 Å². The van der Waals surface area contributed by atoms with Crippen LogP contribution in [-0.4, -0.2) is 6.04 Å². The van der Waals surface area contributed by atoms with E-state index in [0.29, 0.717) is 0 Å². The molecule has 0 spiro atoms. The fraction of sp³-hybridized carbons (Fsp3) is 0.385. The van der Waals surface area contributed by atoms with Crippen LogP contribution in [0.3, 0.4) is 0 Å². The summed E-state index contributed by atoms with van der Waals surface area (Å²) in [6.45, 7) is 0.911. The van der Waals surface area contributed by atoms with Crippen LogP contribution in [0.15, 0.2) is 33.4 Å². The molecule has 0 aliphatic heterocycles. The summed E-state index contributed by atoms with van der Waals surface area (Å²) < 4.78 is 6.63. The Morgan fingerprint density at radius 3 is 3.00 bits per heavy atom. The molecule has 0 atom stereocenters. The fourth-order valence-corrected chi connectivity index (χ4v) is 2.42. The van der Waals surface area contributed by atoms with Gasteiger partial charge in [0.25, 0.3) is 0 Å². The summed E-state index contributed by atoms with van der Waals surface area (Å²) in [6.07, 6.45) is 5.87. The van der Waals surface area contributed by atoms with Gasteiger partial charge in [0, 0.05) is 28.0 Å². The van der Waals surface area contributed by atoms with E-state index in [1.807, 2.05) is 18.4 Å². The molecule has 16 heavy (non-hydrogen) atoms. The van der Waals surface area contributed by atoms with Crippen molar-refractivity contribution in [2.75, 3.05) is 0 Å². The molecule has 2 aromatic rings. The molecule has 0 saturated heterocycles. The van der Waals surface area contributed by atoms with Crippen LogP contribution in [0.5, 0.6) is 0 Å². The lowest BCUT2D eigenvalue weighted by Crippen LogP contribution is -2.34. The van der Waals surface area contributed by atoms with E-state index in [-0.39, 0.29) is 0 Å². The molecule has 1 aliphatic carbocycles. The summed E-state index contributed by atoms with van der Waals surface area (Å²) in [5, 5.41) is 4.77. The molecule has 0 bridgehead atoms. The summed E-state index contributed by atoms with van der Waals surface area (Å²) in [5.74, 6) is 0. The zero-order chi connectivity index (χ0) is 11.0. The highest BCUT2D eigenvalue weighted by molar-refractivity contribution is 9.10. The number of nitrogens with one attached hydrogen (secondary N) is 1. The monoisotopic (exact) mass is 279 g/mol. The highest BCUT2D eigenvalue weighted by atomic mass is 79.9. The van der Waals surface area contributed by atoms with E-state index in [4.69, 9.17) is 4.42 Å². The van der Waals surface area contributed by atoms with Crippen LogP contribution in [0, 0.1) is 0 Å². The lowest BCUT2D eigenvalue weighted by atomic mass is 9.93. The van der Waals surface area contributed by atoms with Crippen molar-refractivity contribution in [3.63, 3.8) is 0 Å². The minimum atomic E-state index is 0.720. The molecule has 0 unspecified atom stereocenters. The number of fused-ring (bicyclic) bond motifs is 1. The Bertz CT molecular complexity index is 502. The first kappa shape index (κ1) is 10.4. The highest BCUT2D eigenvalue weighted by Crippen LogP contribution is 2.26. The molecule has 1 saturated carbocycles. The third-order valence-corrected chi connectivity index (χ3v) is 3.80. The summed E-state index contributed by atoms with van der Waals surface area (Å²) in [5.41, 5.74) is 2.22. The van der Waals surface area contributed by atoms with E-state index in [1.54, 1.807) is 0 Å². The lowest BCUT2D eigenvalue weighted by Gasteiger charge is -2.26. The van der Waals surface area contributed by atoms with Crippen molar-refractivity contribution in [1.82, 2.24) is 5.32 Å². The third kappa shape index (κ3) is 1.89. The average molecular weight is 280 g/mol. The van der Waals surface area contributed by atoms with E-state index in [0.717, 1.165) is 22.6 Å². The Hall–Kier alpha value is -0.800. The number of hydrogen-bond donors (Lipinski definition) is 1. The van der Waals surface area contributed by atoms with Gasteiger partial charge >= 0.3 is 0 Å². The molecule has 1 aromatic heterocycles. The summed E-state index contributed by atoms with van der Waals surface area (Å²) in [4.78, 5) is 0. The highest BCUT2D eigenvalue weighted by Gasteiger charge is 2.17. The van der Waals surface area contributed by atoms with Crippen molar-refractivity contribution in [2.24, 2.45) is 0 Å². The quantitative estimate of drug-likeness (QED) is 0.924. The van der Waals surface area contributed by atoms with Crippen LogP contribution in [0.1, 0.15) is 24.8 Å². The standard InChI is InChI=1S/C13H14BrNO/c14-10-4-5-13-12(6-10)9(8-16-13)7-15-11-2-1-3-11/h4-6,8,11,15H,1-3,7H2. The van der Waals surface area contributed by atoms with Crippen LogP contribution < -0.4 is 5.32 Å². The van der Waals surface area contributed by atoms with Gasteiger partial charge in [-0.3, -0.25) is 0 Å². The number of benzene rings is 1. The van der Waals surface area contributed by atoms with Gasteiger partial charge in [0.15, 0.2) is 0 Å². The normalized spacial score (nSPS) is 16.6. The first-order chi connectivity index (χ1) is 7.83. The molecular weight excluding hydrogens is 266 g/mol. The number of hydrogen-bond acceptors (Lipinski definition) is 2. The zero-order valence-corrected chi connectivity index (χ0v) is 10.6. The van der Waals surface area contributed by atoms with Crippen LogP contribution in [-0.2, 0) is 6.54 Å². The minimum Gasteiger partial charge on any atom is -0.464 e. The van der Waals surface area contributed by atoms with Gasteiger partial charge < -0.3 is 9.73 Å². The smallest absolute Gasteiger partial charge is 0.134 e. The number of rotatable bonds is 3. The second kappa shape index (κ2) is 4.22. The lowest BCUT2D eigenvalue weighted by molar-refractivity contribution is 0.338. The molecule has 1 fully saturated rings. The van der Waals surface area contributed by atoms with Gasteiger partial charge in [-0.25, -0.2) is 0 Å². The van der Waals surface area contributed by atoms with E-state index in [2.05, 4.69) is 27.3 Å². The predicted octanol–water partition coefficient (Wildman–Crippen LogP) is 3.84. The van der Waals surface area contributed by atoms with Crippen LogP contribution in [0.4, 0.5) is 0 Å². The Morgan fingerprint density at radius 2 is 2.25 bits per heavy atom. The van der Waals surface area contributed by atoms with E-state index >= 15 is 0 Å². The largest absolute Gasteiger partial charge is 0.464 e. The van der Waals surface area contributed by atoms with E-state index in [9.17, 15) is 0 Å². The van der Waals surface area contributed by atoms with Crippen molar-refractivity contribution in [3.05, 3.63) is 34.5 Å². The van der Waals surface area contributed by atoms with Crippen molar-refractivity contribution >= 4 is 26.9 Å². The SMILES string of the molecule is Brc1ccc2occ(CNC3CCC3)c2c1. The molecule has 3 heteroatoms. The minimum absolute atomic E-state index is 0.720. The van der Waals surface area contributed by atoms with Crippen molar-refractivity contribution in [3.8, 4) is 0 Å². The second-order valence-electron chi connectivity index (χ2n) is 4.41. The molecule has 84 valence electrons. The molecule has 1 heterocycles. The molecule has 0 amide bonds. The van der Waals surface area contributed by atoms with Crippen LogP contribution in [0.2, 0.25) is 0 Å². The van der Waals surface area contributed by atoms with Gasteiger partial charge in [0.2, 0.25) is 0 Å². The molecule has 0 radical (unpaired) electrons. The van der Waals surface area contributed by atoms with Gasteiger partial charge in [0.05, 0.1) is 6.26 Å². The molecule has 2 nitrogen and oxygen atoms in total.